The second-order valence-corrected chi connectivity index (χ2v) is 6.17. The normalized spacial score (nSPS) is 11.4. The number of nitrogens with zero attached hydrogens (tertiary/aromatic N) is 1. The van der Waals surface area contributed by atoms with Gasteiger partial charge in [-0.1, -0.05) is 36.4 Å². The standard InChI is InChI=1S/C22H27NO4/c1-23(2)19-13-10-18(11-14-19)12-15-20(24)8-6-4-5-7-9-21(25)16-17-22(26)27-3/h4-11,13-14H,12,15-17H2,1-3H3/b5-4+,8-6+,9-7+. The number of allylic oxidation sites excluding steroid dienone is 6. The summed E-state index contributed by atoms with van der Waals surface area (Å²) < 4.78 is 4.47. The Balaban J connectivity index is 2.30. The van der Waals surface area contributed by atoms with Gasteiger partial charge in [-0.2, -0.15) is 0 Å². The van der Waals surface area contributed by atoms with Crippen molar-refractivity contribution >= 4 is 23.2 Å². The molecule has 0 N–H and O–H groups in total. The Morgan fingerprint density at radius 3 is 1.93 bits per heavy atom. The van der Waals surface area contributed by atoms with E-state index in [1.54, 1.807) is 24.3 Å². The molecule has 0 amide bonds. The first kappa shape index (κ1) is 22.1. The molecule has 0 unspecified atom stereocenters. The fourth-order valence-electron chi connectivity index (χ4n) is 2.18. The Bertz CT molecular complexity index is 712. The van der Waals surface area contributed by atoms with Gasteiger partial charge in [-0.25, -0.2) is 0 Å². The fraction of sp³-hybridized carbons (Fsp3) is 0.318. The first-order valence-corrected chi connectivity index (χ1v) is 8.82. The van der Waals surface area contributed by atoms with Gasteiger partial charge >= 0.3 is 5.97 Å². The molecule has 0 radical (unpaired) electrons. The first-order chi connectivity index (χ1) is 12.9. The van der Waals surface area contributed by atoms with Crippen molar-refractivity contribution in [2.45, 2.75) is 25.7 Å². The first-order valence-electron chi connectivity index (χ1n) is 8.82. The molecule has 0 aromatic heterocycles. The van der Waals surface area contributed by atoms with Gasteiger partial charge < -0.3 is 9.64 Å². The summed E-state index contributed by atoms with van der Waals surface area (Å²) in [5.41, 5.74) is 2.26. The van der Waals surface area contributed by atoms with E-state index in [2.05, 4.69) is 4.74 Å². The average molecular weight is 369 g/mol. The predicted molar refractivity (Wildman–Crippen MR) is 108 cm³/mol. The number of carbonyl (C=O) groups is 3. The van der Waals surface area contributed by atoms with Crippen molar-refractivity contribution in [2.24, 2.45) is 0 Å². The number of methoxy groups -OCH3 is 1. The molecule has 1 aromatic carbocycles. The molecule has 0 saturated carbocycles. The van der Waals surface area contributed by atoms with Crippen LogP contribution in [0.3, 0.4) is 0 Å². The number of esters is 1. The lowest BCUT2D eigenvalue weighted by Gasteiger charge is -2.12. The summed E-state index contributed by atoms with van der Waals surface area (Å²) in [4.78, 5) is 36.3. The molecule has 144 valence electrons. The van der Waals surface area contributed by atoms with Crippen LogP contribution in [-0.2, 0) is 25.5 Å². The predicted octanol–water partition coefficient (Wildman–Crippen LogP) is 3.45. The van der Waals surface area contributed by atoms with E-state index in [4.69, 9.17) is 0 Å². The van der Waals surface area contributed by atoms with Crippen molar-refractivity contribution in [1.29, 1.82) is 0 Å². The Kier molecular flexibility index (Phi) is 10.2. The van der Waals surface area contributed by atoms with Gasteiger partial charge in [0.15, 0.2) is 11.6 Å². The fourth-order valence-corrected chi connectivity index (χ4v) is 2.18. The lowest BCUT2D eigenvalue weighted by atomic mass is 10.1. The second kappa shape index (κ2) is 12.4. The Morgan fingerprint density at radius 2 is 1.41 bits per heavy atom. The van der Waals surface area contributed by atoms with Gasteiger partial charge in [-0.15, -0.1) is 0 Å². The molecule has 1 aromatic rings. The number of benzene rings is 1. The summed E-state index contributed by atoms with van der Waals surface area (Å²) in [7, 11) is 5.27. The van der Waals surface area contributed by atoms with E-state index >= 15 is 0 Å². The molecular weight excluding hydrogens is 342 g/mol. The van der Waals surface area contributed by atoms with E-state index in [1.807, 2.05) is 43.3 Å². The van der Waals surface area contributed by atoms with Gasteiger partial charge in [0.25, 0.3) is 0 Å². The van der Waals surface area contributed by atoms with Crippen molar-refractivity contribution in [3.8, 4) is 0 Å². The lowest BCUT2D eigenvalue weighted by molar-refractivity contribution is -0.141. The van der Waals surface area contributed by atoms with Crippen LogP contribution < -0.4 is 4.90 Å². The molecule has 5 nitrogen and oxygen atoms in total. The van der Waals surface area contributed by atoms with Crippen molar-refractivity contribution < 1.29 is 19.1 Å². The molecule has 0 spiro atoms. The van der Waals surface area contributed by atoms with Gasteiger partial charge in [-0.05, 0) is 36.3 Å². The highest BCUT2D eigenvalue weighted by atomic mass is 16.5. The highest BCUT2D eigenvalue weighted by molar-refractivity contribution is 5.92. The van der Waals surface area contributed by atoms with Gasteiger partial charge in [-0.3, -0.25) is 14.4 Å². The van der Waals surface area contributed by atoms with E-state index in [0.717, 1.165) is 11.3 Å². The monoisotopic (exact) mass is 369 g/mol. The number of hydrogen-bond acceptors (Lipinski definition) is 5. The number of ketones is 2. The highest BCUT2D eigenvalue weighted by Crippen LogP contribution is 2.13. The number of ether oxygens (including phenoxy) is 1. The van der Waals surface area contributed by atoms with Crippen LogP contribution in [0.4, 0.5) is 5.69 Å². The van der Waals surface area contributed by atoms with Crippen LogP contribution >= 0.6 is 0 Å². The maximum atomic E-state index is 11.9. The molecule has 0 bridgehead atoms. The van der Waals surface area contributed by atoms with E-state index in [0.29, 0.717) is 12.8 Å². The van der Waals surface area contributed by atoms with Crippen LogP contribution in [0.25, 0.3) is 0 Å². The number of rotatable bonds is 11. The number of anilines is 1. The van der Waals surface area contributed by atoms with Gasteiger partial charge in [0.05, 0.1) is 13.5 Å². The summed E-state index contributed by atoms with van der Waals surface area (Å²) in [6.45, 7) is 0. The van der Waals surface area contributed by atoms with Gasteiger partial charge in [0.2, 0.25) is 0 Å². The van der Waals surface area contributed by atoms with Crippen LogP contribution in [0.5, 0.6) is 0 Å². The van der Waals surface area contributed by atoms with Gasteiger partial charge in [0.1, 0.15) is 0 Å². The summed E-state index contributed by atoms with van der Waals surface area (Å²) in [5, 5.41) is 0. The van der Waals surface area contributed by atoms with Crippen LogP contribution in [-0.4, -0.2) is 38.7 Å². The van der Waals surface area contributed by atoms with Gasteiger partial charge in [0, 0.05) is 32.6 Å². The van der Waals surface area contributed by atoms with E-state index in [9.17, 15) is 14.4 Å². The zero-order chi connectivity index (χ0) is 20.1. The van der Waals surface area contributed by atoms with E-state index < -0.39 is 5.97 Å². The maximum Gasteiger partial charge on any atom is 0.305 e. The SMILES string of the molecule is COC(=O)CCC(=O)/C=C/C=C/C=C/C(=O)CCc1ccc(N(C)C)cc1. The minimum absolute atomic E-state index is 0.0504. The molecule has 5 heteroatoms. The van der Waals surface area contributed by atoms with Crippen molar-refractivity contribution in [3.63, 3.8) is 0 Å². The van der Waals surface area contributed by atoms with Crippen molar-refractivity contribution in [1.82, 2.24) is 0 Å². The zero-order valence-electron chi connectivity index (χ0n) is 16.2. The Hall–Kier alpha value is -2.95. The largest absolute Gasteiger partial charge is 0.469 e. The summed E-state index contributed by atoms with van der Waals surface area (Å²) in [6.07, 6.45) is 10.9. The number of hydrogen-bond donors (Lipinski definition) is 0. The topological polar surface area (TPSA) is 63.7 Å². The molecule has 0 saturated heterocycles. The second-order valence-electron chi connectivity index (χ2n) is 6.17. The van der Waals surface area contributed by atoms with Crippen LogP contribution in [0, 0.1) is 0 Å². The molecule has 0 heterocycles. The van der Waals surface area contributed by atoms with Crippen LogP contribution in [0.15, 0.2) is 60.7 Å². The smallest absolute Gasteiger partial charge is 0.305 e. The van der Waals surface area contributed by atoms with Crippen LogP contribution in [0.1, 0.15) is 24.8 Å². The molecule has 0 atom stereocenters. The summed E-state index contributed by atoms with van der Waals surface area (Å²) in [6, 6.07) is 8.15. The molecule has 0 aliphatic heterocycles. The third kappa shape index (κ3) is 9.94. The summed E-state index contributed by atoms with van der Waals surface area (Å²) in [5.74, 6) is -0.498. The Labute approximate surface area is 161 Å². The number of carbonyl (C=O) groups excluding carboxylic acids is 3. The highest BCUT2D eigenvalue weighted by Gasteiger charge is 2.03. The third-order valence-corrected chi connectivity index (χ3v) is 3.81. The van der Waals surface area contributed by atoms with E-state index in [1.165, 1.54) is 19.3 Å². The lowest BCUT2D eigenvalue weighted by Crippen LogP contribution is -2.08. The zero-order valence-corrected chi connectivity index (χ0v) is 16.2. The van der Waals surface area contributed by atoms with E-state index in [-0.39, 0.29) is 24.4 Å². The minimum atomic E-state index is -0.401. The third-order valence-electron chi connectivity index (χ3n) is 3.81. The minimum Gasteiger partial charge on any atom is -0.469 e. The molecule has 0 fully saturated rings. The Morgan fingerprint density at radius 1 is 0.852 bits per heavy atom. The molecular formula is C22H27NO4. The summed E-state index contributed by atoms with van der Waals surface area (Å²) >= 11 is 0. The maximum absolute atomic E-state index is 11.9. The molecule has 27 heavy (non-hydrogen) atoms. The molecule has 1 rings (SSSR count). The van der Waals surface area contributed by atoms with Crippen molar-refractivity contribution in [2.75, 3.05) is 26.1 Å². The number of aryl methyl sites for hydroxylation is 1. The van der Waals surface area contributed by atoms with Crippen molar-refractivity contribution in [3.05, 3.63) is 66.3 Å². The van der Waals surface area contributed by atoms with Crippen LogP contribution in [0.2, 0.25) is 0 Å². The quantitative estimate of drug-likeness (QED) is 0.340. The average Bonchev–Trinajstić information content (AvgIpc) is 2.67. The molecule has 0 aliphatic carbocycles. The molecule has 0 aliphatic rings.